The van der Waals surface area contributed by atoms with E-state index < -0.39 is 5.24 Å². The molecule has 14 heavy (non-hydrogen) atoms. The van der Waals surface area contributed by atoms with E-state index in [9.17, 15) is 4.79 Å². The van der Waals surface area contributed by atoms with Gasteiger partial charge < -0.3 is 4.42 Å². The fraction of sp³-hybridized carbons (Fsp3) is 0. The van der Waals surface area contributed by atoms with Gasteiger partial charge in [0.15, 0.2) is 5.69 Å². The first kappa shape index (κ1) is 8.97. The van der Waals surface area contributed by atoms with Crippen LogP contribution < -0.4 is 0 Å². The summed E-state index contributed by atoms with van der Waals surface area (Å²) in [6, 6.07) is 9.30. The first-order chi connectivity index (χ1) is 6.77. The van der Waals surface area contributed by atoms with Gasteiger partial charge in [-0.25, -0.2) is 4.98 Å². The Labute approximate surface area is 85.3 Å². The van der Waals surface area contributed by atoms with Crippen LogP contribution in [-0.4, -0.2) is 10.2 Å². The summed E-state index contributed by atoms with van der Waals surface area (Å²) >= 11 is 5.24. The normalized spacial score (nSPS) is 10.1. The predicted molar refractivity (Wildman–Crippen MR) is 52.1 cm³/mol. The second-order valence-corrected chi connectivity index (χ2v) is 3.02. The average Bonchev–Trinajstić information content (AvgIpc) is 2.68. The molecular weight excluding hydrogens is 202 g/mol. The van der Waals surface area contributed by atoms with E-state index in [0.717, 1.165) is 5.56 Å². The summed E-state index contributed by atoms with van der Waals surface area (Å²) in [5.41, 5.74) is 0.946. The zero-order chi connectivity index (χ0) is 9.97. The molecule has 0 radical (unpaired) electrons. The molecule has 0 spiro atoms. The van der Waals surface area contributed by atoms with Crippen LogP contribution in [0, 0.1) is 0 Å². The minimum atomic E-state index is -0.615. The topological polar surface area (TPSA) is 43.1 Å². The number of halogens is 1. The van der Waals surface area contributed by atoms with Gasteiger partial charge in [-0.1, -0.05) is 18.2 Å². The van der Waals surface area contributed by atoms with E-state index in [-0.39, 0.29) is 5.69 Å². The zero-order valence-corrected chi connectivity index (χ0v) is 7.86. The maximum Gasteiger partial charge on any atom is 0.274 e. The lowest BCUT2D eigenvalue weighted by atomic mass is 10.2. The molecule has 1 heterocycles. The Hall–Kier alpha value is -1.61. The van der Waals surface area contributed by atoms with Crippen molar-refractivity contribution in [2.45, 2.75) is 0 Å². The molecule has 0 atom stereocenters. The third-order valence-corrected chi connectivity index (χ3v) is 1.92. The summed E-state index contributed by atoms with van der Waals surface area (Å²) in [7, 11) is 0. The molecule has 1 aromatic carbocycles. The number of carbonyl (C=O) groups is 1. The fourth-order valence-corrected chi connectivity index (χ4v) is 1.16. The molecule has 0 saturated heterocycles. The van der Waals surface area contributed by atoms with Crippen LogP contribution in [0.2, 0.25) is 0 Å². The standard InChI is InChI=1S/C10H6ClNO2/c11-9(13)8-6-14-10(12-8)7-4-2-1-3-5-7/h1-6H. The molecule has 0 aliphatic carbocycles. The Kier molecular flexibility index (Phi) is 2.33. The van der Waals surface area contributed by atoms with Gasteiger partial charge in [-0.3, -0.25) is 4.79 Å². The van der Waals surface area contributed by atoms with E-state index in [1.54, 1.807) is 0 Å². The van der Waals surface area contributed by atoms with Crippen LogP contribution in [0.15, 0.2) is 41.0 Å². The molecule has 0 bridgehead atoms. The lowest BCUT2D eigenvalue weighted by Gasteiger charge is -1.91. The fourth-order valence-electron chi connectivity index (χ4n) is 1.08. The smallest absolute Gasteiger partial charge is 0.274 e. The largest absolute Gasteiger partial charge is 0.444 e. The number of carbonyl (C=O) groups excluding carboxylic acids is 1. The molecule has 0 N–H and O–H groups in total. The van der Waals surface area contributed by atoms with Gasteiger partial charge in [-0.2, -0.15) is 0 Å². The van der Waals surface area contributed by atoms with Crippen LogP contribution in [0.1, 0.15) is 10.5 Å². The quantitative estimate of drug-likeness (QED) is 0.712. The molecule has 0 aliphatic rings. The van der Waals surface area contributed by atoms with Crippen molar-refractivity contribution in [2.75, 3.05) is 0 Å². The monoisotopic (exact) mass is 207 g/mol. The number of benzene rings is 1. The highest BCUT2D eigenvalue weighted by Gasteiger charge is 2.10. The van der Waals surface area contributed by atoms with E-state index in [4.69, 9.17) is 16.0 Å². The predicted octanol–water partition coefficient (Wildman–Crippen LogP) is 2.72. The molecule has 1 aromatic heterocycles. The van der Waals surface area contributed by atoms with Gasteiger partial charge in [0.25, 0.3) is 5.24 Å². The lowest BCUT2D eigenvalue weighted by molar-refractivity contribution is 0.107. The highest BCUT2D eigenvalue weighted by atomic mass is 35.5. The van der Waals surface area contributed by atoms with Crippen LogP contribution in [0.4, 0.5) is 0 Å². The molecule has 2 aromatic rings. The first-order valence-corrected chi connectivity index (χ1v) is 4.36. The van der Waals surface area contributed by atoms with E-state index >= 15 is 0 Å². The van der Waals surface area contributed by atoms with Crippen LogP contribution in [0.25, 0.3) is 11.5 Å². The number of aromatic nitrogens is 1. The van der Waals surface area contributed by atoms with Crippen molar-refractivity contribution in [1.29, 1.82) is 0 Å². The minimum Gasteiger partial charge on any atom is -0.444 e. The molecule has 0 fully saturated rings. The maximum atomic E-state index is 10.7. The molecular formula is C10H6ClNO2. The third-order valence-electron chi connectivity index (χ3n) is 1.73. The van der Waals surface area contributed by atoms with Crippen molar-refractivity contribution in [3.63, 3.8) is 0 Å². The molecule has 3 nitrogen and oxygen atoms in total. The summed E-state index contributed by atoms with van der Waals surface area (Å²) in [5, 5.41) is -0.615. The summed E-state index contributed by atoms with van der Waals surface area (Å²) < 4.78 is 5.10. The Bertz CT molecular complexity index is 450. The number of oxazole rings is 1. The maximum absolute atomic E-state index is 10.7. The summed E-state index contributed by atoms with van der Waals surface area (Å²) in [5.74, 6) is 0.398. The molecule has 0 saturated carbocycles. The van der Waals surface area contributed by atoms with Crippen LogP contribution in [0.3, 0.4) is 0 Å². The average molecular weight is 208 g/mol. The number of hydrogen-bond acceptors (Lipinski definition) is 3. The van der Waals surface area contributed by atoms with Gasteiger partial charge in [0, 0.05) is 5.56 Å². The summed E-state index contributed by atoms with van der Waals surface area (Å²) in [4.78, 5) is 14.7. The van der Waals surface area contributed by atoms with Crippen molar-refractivity contribution < 1.29 is 9.21 Å². The second kappa shape index (κ2) is 3.64. The second-order valence-electron chi connectivity index (χ2n) is 2.68. The third kappa shape index (κ3) is 1.67. The van der Waals surface area contributed by atoms with Crippen molar-refractivity contribution in [2.24, 2.45) is 0 Å². The van der Waals surface area contributed by atoms with Crippen molar-refractivity contribution in [3.8, 4) is 11.5 Å². The lowest BCUT2D eigenvalue weighted by Crippen LogP contribution is -1.87. The molecule has 0 amide bonds. The van der Waals surface area contributed by atoms with E-state index in [1.165, 1.54) is 6.26 Å². The Morgan fingerprint density at radius 3 is 2.57 bits per heavy atom. The molecule has 0 aliphatic heterocycles. The molecule has 2 rings (SSSR count). The van der Waals surface area contributed by atoms with Crippen molar-refractivity contribution >= 4 is 16.8 Å². The molecule has 70 valence electrons. The van der Waals surface area contributed by atoms with E-state index in [1.807, 2.05) is 30.3 Å². The van der Waals surface area contributed by atoms with E-state index in [2.05, 4.69) is 4.98 Å². The van der Waals surface area contributed by atoms with Gasteiger partial charge in [-0.05, 0) is 23.7 Å². The number of nitrogens with zero attached hydrogens (tertiary/aromatic N) is 1. The van der Waals surface area contributed by atoms with Crippen LogP contribution in [-0.2, 0) is 0 Å². The van der Waals surface area contributed by atoms with Gasteiger partial charge in [0.2, 0.25) is 5.89 Å². The van der Waals surface area contributed by atoms with Crippen LogP contribution in [0.5, 0.6) is 0 Å². The Morgan fingerprint density at radius 1 is 1.29 bits per heavy atom. The van der Waals surface area contributed by atoms with Crippen molar-refractivity contribution in [1.82, 2.24) is 4.98 Å². The first-order valence-electron chi connectivity index (χ1n) is 3.98. The number of hydrogen-bond donors (Lipinski definition) is 0. The zero-order valence-electron chi connectivity index (χ0n) is 7.11. The highest BCUT2D eigenvalue weighted by Crippen LogP contribution is 2.18. The van der Waals surface area contributed by atoms with Gasteiger partial charge in [0.1, 0.15) is 6.26 Å². The Morgan fingerprint density at radius 2 is 2.00 bits per heavy atom. The van der Waals surface area contributed by atoms with Crippen molar-refractivity contribution in [3.05, 3.63) is 42.3 Å². The van der Waals surface area contributed by atoms with Gasteiger partial charge >= 0.3 is 0 Å². The minimum absolute atomic E-state index is 0.130. The van der Waals surface area contributed by atoms with Gasteiger partial charge in [-0.15, -0.1) is 0 Å². The highest BCUT2D eigenvalue weighted by molar-refractivity contribution is 6.67. The Balaban J connectivity index is 2.39. The number of rotatable bonds is 2. The SMILES string of the molecule is O=C(Cl)c1coc(-c2ccccc2)n1. The molecule has 4 heteroatoms. The summed E-state index contributed by atoms with van der Waals surface area (Å²) in [6.45, 7) is 0. The van der Waals surface area contributed by atoms with Gasteiger partial charge in [0.05, 0.1) is 0 Å². The van der Waals surface area contributed by atoms with Crippen LogP contribution >= 0.6 is 11.6 Å². The molecule has 0 unspecified atom stereocenters. The summed E-state index contributed by atoms with van der Waals surface area (Å²) in [6.07, 6.45) is 1.25. The van der Waals surface area contributed by atoms with E-state index in [0.29, 0.717) is 5.89 Å².